The Labute approximate surface area is 114 Å². The molecule has 0 spiro atoms. The van der Waals surface area contributed by atoms with Crippen LogP contribution in [0.5, 0.6) is 0 Å². The molecule has 94 valence electrons. The molecule has 1 fully saturated rings. The first-order chi connectivity index (χ1) is 8.06. The molecule has 1 aliphatic heterocycles. The SMILES string of the molecule is C[C@@H]1CN(C)CCC1Cc1ccc(Cl)c(Cl)c1. The predicted molar refractivity (Wildman–Crippen MR) is 74.9 cm³/mol. The Morgan fingerprint density at radius 3 is 2.71 bits per heavy atom. The van der Waals surface area contributed by atoms with Crippen LogP contribution in [-0.4, -0.2) is 25.0 Å². The van der Waals surface area contributed by atoms with Gasteiger partial charge in [0.25, 0.3) is 0 Å². The molecule has 2 rings (SSSR count). The second-order valence-electron chi connectivity index (χ2n) is 5.24. The van der Waals surface area contributed by atoms with E-state index < -0.39 is 0 Å². The van der Waals surface area contributed by atoms with E-state index in [0.717, 1.165) is 18.3 Å². The van der Waals surface area contributed by atoms with Gasteiger partial charge in [0, 0.05) is 6.54 Å². The summed E-state index contributed by atoms with van der Waals surface area (Å²) in [6, 6.07) is 6.01. The maximum atomic E-state index is 6.05. The molecule has 1 heterocycles. The van der Waals surface area contributed by atoms with Gasteiger partial charge in [-0.1, -0.05) is 36.2 Å². The molecular weight excluding hydrogens is 253 g/mol. The molecule has 1 unspecified atom stereocenters. The fourth-order valence-electron chi connectivity index (χ4n) is 2.68. The molecular formula is C14H19Cl2N. The third kappa shape index (κ3) is 3.37. The van der Waals surface area contributed by atoms with Gasteiger partial charge in [-0.2, -0.15) is 0 Å². The summed E-state index contributed by atoms with van der Waals surface area (Å²) in [4.78, 5) is 2.41. The Hall–Kier alpha value is -0.240. The molecule has 2 atom stereocenters. The lowest BCUT2D eigenvalue weighted by molar-refractivity contribution is 0.154. The molecule has 0 bridgehead atoms. The van der Waals surface area contributed by atoms with Gasteiger partial charge in [0.15, 0.2) is 0 Å². The van der Waals surface area contributed by atoms with Crippen molar-refractivity contribution in [1.29, 1.82) is 0 Å². The topological polar surface area (TPSA) is 3.24 Å². The van der Waals surface area contributed by atoms with Crippen LogP contribution in [0.4, 0.5) is 0 Å². The van der Waals surface area contributed by atoms with Crippen molar-refractivity contribution < 1.29 is 0 Å². The summed E-state index contributed by atoms with van der Waals surface area (Å²) in [5.74, 6) is 1.52. The zero-order chi connectivity index (χ0) is 12.4. The highest BCUT2D eigenvalue weighted by Crippen LogP contribution is 2.29. The summed E-state index contributed by atoms with van der Waals surface area (Å²) in [6.45, 7) is 4.75. The van der Waals surface area contributed by atoms with Crippen molar-refractivity contribution in [3.63, 3.8) is 0 Å². The standard InChI is InChI=1S/C14H19Cl2N/c1-10-9-17(2)6-5-12(10)7-11-3-4-13(15)14(16)8-11/h3-4,8,10,12H,5-7,9H2,1-2H3/t10-,12?/m1/s1. The molecule has 1 saturated heterocycles. The van der Waals surface area contributed by atoms with Crippen molar-refractivity contribution in [1.82, 2.24) is 4.90 Å². The van der Waals surface area contributed by atoms with Crippen LogP contribution in [0.15, 0.2) is 18.2 Å². The first-order valence-electron chi connectivity index (χ1n) is 6.18. The molecule has 0 N–H and O–H groups in total. The maximum absolute atomic E-state index is 6.05. The Morgan fingerprint density at radius 1 is 1.29 bits per heavy atom. The highest BCUT2D eigenvalue weighted by atomic mass is 35.5. The van der Waals surface area contributed by atoms with Crippen molar-refractivity contribution >= 4 is 23.2 Å². The van der Waals surface area contributed by atoms with Crippen molar-refractivity contribution in [2.24, 2.45) is 11.8 Å². The van der Waals surface area contributed by atoms with Gasteiger partial charge < -0.3 is 4.90 Å². The fourth-order valence-corrected chi connectivity index (χ4v) is 3.00. The van der Waals surface area contributed by atoms with Gasteiger partial charge in [-0.25, -0.2) is 0 Å². The molecule has 1 aliphatic rings. The molecule has 0 radical (unpaired) electrons. The highest BCUT2D eigenvalue weighted by molar-refractivity contribution is 6.42. The molecule has 0 saturated carbocycles. The minimum Gasteiger partial charge on any atom is -0.306 e. The zero-order valence-electron chi connectivity index (χ0n) is 10.4. The van der Waals surface area contributed by atoms with E-state index in [-0.39, 0.29) is 0 Å². The molecule has 17 heavy (non-hydrogen) atoms. The van der Waals surface area contributed by atoms with Crippen molar-refractivity contribution in [3.05, 3.63) is 33.8 Å². The van der Waals surface area contributed by atoms with Gasteiger partial charge in [-0.3, -0.25) is 0 Å². The smallest absolute Gasteiger partial charge is 0.0595 e. The quantitative estimate of drug-likeness (QED) is 0.782. The van der Waals surface area contributed by atoms with E-state index >= 15 is 0 Å². The van der Waals surface area contributed by atoms with Gasteiger partial charge >= 0.3 is 0 Å². The number of likely N-dealkylation sites (tertiary alicyclic amines) is 1. The Kier molecular flexibility index (Phi) is 4.35. The molecule has 0 amide bonds. The minimum atomic E-state index is 0.645. The van der Waals surface area contributed by atoms with Crippen molar-refractivity contribution in [3.8, 4) is 0 Å². The third-order valence-electron chi connectivity index (χ3n) is 3.77. The Balaban J connectivity index is 2.02. The van der Waals surface area contributed by atoms with Crippen LogP contribution in [0, 0.1) is 11.8 Å². The van der Waals surface area contributed by atoms with Crippen LogP contribution in [0.2, 0.25) is 10.0 Å². The van der Waals surface area contributed by atoms with Crippen LogP contribution >= 0.6 is 23.2 Å². The fraction of sp³-hybridized carbons (Fsp3) is 0.571. The average molecular weight is 272 g/mol. The maximum Gasteiger partial charge on any atom is 0.0595 e. The van der Waals surface area contributed by atoms with Gasteiger partial charge in [0.05, 0.1) is 10.0 Å². The van der Waals surface area contributed by atoms with Gasteiger partial charge in [-0.15, -0.1) is 0 Å². The monoisotopic (exact) mass is 271 g/mol. The summed E-state index contributed by atoms with van der Waals surface area (Å²) in [6.07, 6.45) is 2.39. The number of piperidine rings is 1. The Bertz CT molecular complexity index is 392. The third-order valence-corrected chi connectivity index (χ3v) is 4.51. The van der Waals surface area contributed by atoms with Gasteiger partial charge in [0.2, 0.25) is 0 Å². The van der Waals surface area contributed by atoms with Crippen LogP contribution in [-0.2, 0) is 6.42 Å². The van der Waals surface area contributed by atoms with Crippen molar-refractivity contribution in [2.45, 2.75) is 19.8 Å². The van der Waals surface area contributed by atoms with E-state index in [1.165, 1.54) is 25.1 Å². The van der Waals surface area contributed by atoms with E-state index in [1.54, 1.807) is 0 Å². The van der Waals surface area contributed by atoms with E-state index in [1.807, 2.05) is 12.1 Å². The summed E-state index contributed by atoms with van der Waals surface area (Å²) in [5.41, 5.74) is 1.31. The van der Waals surface area contributed by atoms with Crippen LogP contribution < -0.4 is 0 Å². The van der Waals surface area contributed by atoms with Crippen LogP contribution in [0.1, 0.15) is 18.9 Å². The van der Waals surface area contributed by atoms with E-state index in [4.69, 9.17) is 23.2 Å². The lowest BCUT2D eigenvalue weighted by atomic mass is 9.82. The van der Waals surface area contributed by atoms with Crippen molar-refractivity contribution in [2.75, 3.05) is 20.1 Å². The second kappa shape index (κ2) is 5.60. The summed E-state index contributed by atoms with van der Waals surface area (Å²) in [7, 11) is 2.20. The lowest BCUT2D eigenvalue weighted by Crippen LogP contribution is -2.37. The second-order valence-corrected chi connectivity index (χ2v) is 6.06. The predicted octanol–water partition coefficient (Wildman–Crippen LogP) is 4.12. The first kappa shape index (κ1) is 13.2. The minimum absolute atomic E-state index is 0.645. The number of hydrogen-bond donors (Lipinski definition) is 0. The van der Waals surface area contributed by atoms with E-state index in [0.29, 0.717) is 10.0 Å². The average Bonchev–Trinajstić information content (AvgIpc) is 2.27. The molecule has 1 aromatic rings. The molecule has 0 aliphatic carbocycles. The largest absolute Gasteiger partial charge is 0.306 e. The summed E-state index contributed by atoms with van der Waals surface area (Å²) < 4.78 is 0. The number of nitrogens with zero attached hydrogens (tertiary/aromatic N) is 1. The number of benzene rings is 1. The normalized spacial score (nSPS) is 26.1. The van der Waals surface area contributed by atoms with Gasteiger partial charge in [0.1, 0.15) is 0 Å². The Morgan fingerprint density at radius 2 is 2.06 bits per heavy atom. The van der Waals surface area contributed by atoms with Crippen LogP contribution in [0.3, 0.4) is 0 Å². The number of halogens is 2. The highest BCUT2D eigenvalue weighted by Gasteiger charge is 2.24. The lowest BCUT2D eigenvalue weighted by Gasteiger charge is -2.34. The molecule has 3 heteroatoms. The molecule has 0 aromatic heterocycles. The summed E-state index contributed by atoms with van der Waals surface area (Å²) >= 11 is 12.0. The van der Waals surface area contributed by atoms with E-state index in [9.17, 15) is 0 Å². The van der Waals surface area contributed by atoms with Gasteiger partial charge in [-0.05, 0) is 56.0 Å². The van der Waals surface area contributed by atoms with E-state index in [2.05, 4.69) is 24.9 Å². The summed E-state index contributed by atoms with van der Waals surface area (Å²) in [5, 5.41) is 1.32. The number of rotatable bonds is 2. The van der Waals surface area contributed by atoms with Crippen LogP contribution in [0.25, 0.3) is 0 Å². The first-order valence-corrected chi connectivity index (χ1v) is 6.94. The zero-order valence-corrected chi connectivity index (χ0v) is 11.9. The number of hydrogen-bond acceptors (Lipinski definition) is 1. The molecule has 1 aromatic carbocycles. The molecule has 1 nitrogen and oxygen atoms in total.